The second-order valence-electron chi connectivity index (χ2n) is 3.76. The van der Waals surface area contributed by atoms with Crippen molar-refractivity contribution in [3.8, 4) is 0 Å². The molecule has 0 aromatic heterocycles. The van der Waals surface area contributed by atoms with E-state index in [0.717, 1.165) is 24.5 Å². The predicted molar refractivity (Wildman–Crippen MR) is 52.6 cm³/mol. The van der Waals surface area contributed by atoms with Crippen molar-refractivity contribution < 1.29 is 13.2 Å². The monoisotopic (exact) mass is 212 g/mol. The van der Waals surface area contributed by atoms with Gasteiger partial charge >= 0.3 is 6.18 Å². The Morgan fingerprint density at radius 1 is 1.07 bits per heavy atom. The van der Waals surface area contributed by atoms with Crippen LogP contribution in [0.4, 0.5) is 13.2 Å². The summed E-state index contributed by atoms with van der Waals surface area (Å²) in [6.45, 7) is 0. The zero-order chi connectivity index (χ0) is 10.9. The first-order valence-electron chi connectivity index (χ1n) is 4.89. The molecule has 2 rings (SSSR count). The lowest BCUT2D eigenvalue weighted by atomic mass is 9.95. The molecule has 0 atom stereocenters. The first kappa shape index (κ1) is 10.3. The first-order valence-corrected chi connectivity index (χ1v) is 4.89. The van der Waals surface area contributed by atoms with E-state index in [0.29, 0.717) is 0 Å². The van der Waals surface area contributed by atoms with Gasteiger partial charge in [-0.05, 0) is 30.4 Å². The number of alkyl halides is 3. The number of halogens is 3. The average molecular weight is 212 g/mol. The summed E-state index contributed by atoms with van der Waals surface area (Å²) in [5.41, 5.74) is 0.238. The van der Waals surface area contributed by atoms with Crippen LogP contribution >= 0.6 is 0 Å². The fourth-order valence-electron chi connectivity index (χ4n) is 1.86. The largest absolute Gasteiger partial charge is 0.416 e. The van der Waals surface area contributed by atoms with Crippen LogP contribution in [0.2, 0.25) is 0 Å². The molecule has 0 bridgehead atoms. The van der Waals surface area contributed by atoms with Gasteiger partial charge in [-0.15, -0.1) is 0 Å². The Labute approximate surface area is 86.4 Å². The molecule has 0 saturated carbocycles. The molecule has 15 heavy (non-hydrogen) atoms. The maximum atomic E-state index is 12.4. The van der Waals surface area contributed by atoms with Crippen molar-refractivity contribution in [3.63, 3.8) is 0 Å². The van der Waals surface area contributed by atoms with Crippen LogP contribution < -0.4 is 0 Å². The van der Waals surface area contributed by atoms with Crippen molar-refractivity contribution in [1.82, 2.24) is 0 Å². The molecule has 1 aliphatic rings. The van der Waals surface area contributed by atoms with E-state index in [1.54, 1.807) is 6.07 Å². The fraction of sp³-hybridized carbons (Fsp3) is 0.333. The summed E-state index contributed by atoms with van der Waals surface area (Å²) in [4.78, 5) is 0. The lowest BCUT2D eigenvalue weighted by Gasteiger charge is -2.12. The molecule has 0 heterocycles. The molecule has 1 aliphatic carbocycles. The quantitative estimate of drug-likeness (QED) is 0.614. The molecule has 1 aromatic rings. The number of hydrogen-bond acceptors (Lipinski definition) is 0. The molecule has 0 spiro atoms. The SMILES string of the molecule is FC(F)(F)c1cccc(C2CC=CC2)c1. The fourth-order valence-corrected chi connectivity index (χ4v) is 1.86. The van der Waals surface area contributed by atoms with Crippen molar-refractivity contribution in [2.24, 2.45) is 0 Å². The zero-order valence-electron chi connectivity index (χ0n) is 8.09. The van der Waals surface area contributed by atoms with Crippen molar-refractivity contribution in [2.75, 3.05) is 0 Å². The van der Waals surface area contributed by atoms with E-state index in [4.69, 9.17) is 0 Å². The Morgan fingerprint density at radius 3 is 2.33 bits per heavy atom. The minimum absolute atomic E-state index is 0.229. The first-order chi connectivity index (χ1) is 7.07. The van der Waals surface area contributed by atoms with Crippen LogP contribution in [-0.4, -0.2) is 0 Å². The van der Waals surface area contributed by atoms with Gasteiger partial charge in [0.05, 0.1) is 5.56 Å². The molecular weight excluding hydrogens is 201 g/mol. The second kappa shape index (κ2) is 3.72. The number of hydrogen-bond donors (Lipinski definition) is 0. The summed E-state index contributed by atoms with van der Waals surface area (Å²) in [6.07, 6.45) is 1.50. The predicted octanol–water partition coefficient (Wildman–Crippen LogP) is 4.14. The summed E-state index contributed by atoms with van der Waals surface area (Å²) in [5, 5.41) is 0. The van der Waals surface area contributed by atoms with Gasteiger partial charge in [-0.25, -0.2) is 0 Å². The topological polar surface area (TPSA) is 0 Å². The third-order valence-corrected chi connectivity index (χ3v) is 2.69. The third kappa shape index (κ3) is 2.22. The maximum absolute atomic E-state index is 12.4. The number of benzene rings is 1. The van der Waals surface area contributed by atoms with Crippen molar-refractivity contribution in [2.45, 2.75) is 24.9 Å². The van der Waals surface area contributed by atoms with Crippen molar-refractivity contribution in [3.05, 3.63) is 47.5 Å². The van der Waals surface area contributed by atoms with Crippen LogP contribution in [-0.2, 0) is 6.18 Å². The van der Waals surface area contributed by atoms with E-state index in [9.17, 15) is 13.2 Å². The summed E-state index contributed by atoms with van der Waals surface area (Å²) in [7, 11) is 0. The summed E-state index contributed by atoms with van der Waals surface area (Å²) < 4.78 is 37.3. The Hall–Kier alpha value is -1.25. The molecular formula is C12H11F3. The van der Waals surface area contributed by atoms with E-state index in [1.807, 2.05) is 12.2 Å². The molecule has 0 nitrogen and oxygen atoms in total. The van der Waals surface area contributed by atoms with Gasteiger partial charge in [0.25, 0.3) is 0 Å². The van der Waals surface area contributed by atoms with E-state index in [2.05, 4.69) is 0 Å². The van der Waals surface area contributed by atoms with Gasteiger partial charge in [0, 0.05) is 0 Å². The van der Waals surface area contributed by atoms with Gasteiger partial charge in [-0.3, -0.25) is 0 Å². The Kier molecular flexibility index (Phi) is 2.55. The number of allylic oxidation sites excluding steroid dienone is 2. The van der Waals surface area contributed by atoms with Crippen LogP contribution in [0.15, 0.2) is 36.4 Å². The molecule has 3 heteroatoms. The maximum Gasteiger partial charge on any atom is 0.416 e. The molecule has 0 aliphatic heterocycles. The molecule has 1 aromatic carbocycles. The van der Waals surface area contributed by atoms with Crippen LogP contribution in [0.25, 0.3) is 0 Å². The highest BCUT2D eigenvalue weighted by Gasteiger charge is 2.30. The molecule has 0 amide bonds. The van der Waals surface area contributed by atoms with Crippen LogP contribution in [0, 0.1) is 0 Å². The normalized spacial score (nSPS) is 17.3. The lowest BCUT2D eigenvalue weighted by molar-refractivity contribution is -0.137. The van der Waals surface area contributed by atoms with E-state index < -0.39 is 11.7 Å². The van der Waals surface area contributed by atoms with Crippen molar-refractivity contribution >= 4 is 0 Å². The van der Waals surface area contributed by atoms with Crippen LogP contribution in [0.1, 0.15) is 29.9 Å². The smallest absolute Gasteiger partial charge is 0.166 e. The third-order valence-electron chi connectivity index (χ3n) is 2.69. The number of rotatable bonds is 1. The van der Waals surface area contributed by atoms with Gasteiger partial charge in [0.15, 0.2) is 0 Å². The highest BCUT2D eigenvalue weighted by molar-refractivity contribution is 5.30. The molecule has 0 N–H and O–H groups in total. The zero-order valence-corrected chi connectivity index (χ0v) is 8.09. The van der Waals surface area contributed by atoms with E-state index >= 15 is 0 Å². The average Bonchev–Trinajstić information content (AvgIpc) is 2.69. The summed E-state index contributed by atoms with van der Waals surface area (Å²) in [5.74, 6) is 0.229. The minimum atomic E-state index is -4.23. The second-order valence-corrected chi connectivity index (χ2v) is 3.76. The molecule has 0 radical (unpaired) electrons. The Bertz CT molecular complexity index is 369. The van der Waals surface area contributed by atoms with Crippen LogP contribution in [0.3, 0.4) is 0 Å². The van der Waals surface area contributed by atoms with Gasteiger partial charge in [-0.1, -0.05) is 30.4 Å². The Morgan fingerprint density at radius 2 is 1.73 bits per heavy atom. The van der Waals surface area contributed by atoms with Gasteiger partial charge in [0.1, 0.15) is 0 Å². The molecule has 0 saturated heterocycles. The van der Waals surface area contributed by atoms with Gasteiger partial charge < -0.3 is 0 Å². The minimum Gasteiger partial charge on any atom is -0.166 e. The van der Waals surface area contributed by atoms with E-state index in [-0.39, 0.29) is 5.92 Å². The van der Waals surface area contributed by atoms with Gasteiger partial charge in [-0.2, -0.15) is 13.2 Å². The van der Waals surface area contributed by atoms with Crippen LogP contribution in [0.5, 0.6) is 0 Å². The summed E-state index contributed by atoms with van der Waals surface area (Å²) >= 11 is 0. The van der Waals surface area contributed by atoms with Gasteiger partial charge in [0.2, 0.25) is 0 Å². The standard InChI is InChI=1S/C12H11F3/c13-12(14,15)11-7-3-6-10(8-11)9-4-1-2-5-9/h1-3,6-9H,4-5H2. The molecule has 80 valence electrons. The molecule has 0 unspecified atom stereocenters. The lowest BCUT2D eigenvalue weighted by Crippen LogP contribution is -2.06. The molecule has 0 fully saturated rings. The van der Waals surface area contributed by atoms with E-state index in [1.165, 1.54) is 12.1 Å². The summed E-state index contributed by atoms with van der Waals surface area (Å²) in [6, 6.07) is 5.63. The Balaban J connectivity index is 2.26. The van der Waals surface area contributed by atoms with Crippen molar-refractivity contribution in [1.29, 1.82) is 0 Å². The highest BCUT2D eigenvalue weighted by atomic mass is 19.4. The highest BCUT2D eigenvalue weighted by Crippen LogP contribution is 2.34.